The highest BCUT2D eigenvalue weighted by Gasteiger charge is 2.12. The van der Waals surface area contributed by atoms with Crippen LogP contribution in [0.2, 0.25) is 0 Å². The first-order chi connectivity index (χ1) is 12.1. The van der Waals surface area contributed by atoms with E-state index in [4.69, 9.17) is 0 Å². The van der Waals surface area contributed by atoms with E-state index in [9.17, 15) is 4.79 Å². The Labute approximate surface area is 161 Å². The molecule has 0 fully saturated rings. The SMILES string of the molecule is CC.CCCc1ccc(C(C)=O)cc1C.Cc1cccc(C(C)(C)C)c1. The second kappa shape index (κ2) is 11.7. The van der Waals surface area contributed by atoms with E-state index in [0.717, 1.165) is 18.4 Å². The highest BCUT2D eigenvalue weighted by Crippen LogP contribution is 2.22. The Kier molecular flexibility index (Phi) is 10.8. The monoisotopic (exact) mass is 354 g/mol. The summed E-state index contributed by atoms with van der Waals surface area (Å²) in [4.78, 5) is 11.1. The molecule has 0 unspecified atom stereocenters. The van der Waals surface area contributed by atoms with Gasteiger partial charge in [-0.1, -0.05) is 89.9 Å². The van der Waals surface area contributed by atoms with Crippen molar-refractivity contribution in [1.82, 2.24) is 0 Å². The van der Waals surface area contributed by atoms with Gasteiger partial charge < -0.3 is 0 Å². The first-order valence-corrected chi connectivity index (χ1v) is 9.82. The number of ketones is 1. The lowest BCUT2D eigenvalue weighted by atomic mass is 9.86. The summed E-state index contributed by atoms with van der Waals surface area (Å²) in [7, 11) is 0. The molecule has 0 aromatic heterocycles. The van der Waals surface area contributed by atoms with Crippen LogP contribution in [0.3, 0.4) is 0 Å². The molecule has 0 bridgehead atoms. The van der Waals surface area contributed by atoms with Crippen molar-refractivity contribution in [2.24, 2.45) is 0 Å². The second-order valence-electron chi connectivity index (χ2n) is 7.57. The van der Waals surface area contributed by atoms with Crippen molar-refractivity contribution in [1.29, 1.82) is 0 Å². The molecule has 26 heavy (non-hydrogen) atoms. The van der Waals surface area contributed by atoms with Gasteiger partial charge in [0.25, 0.3) is 0 Å². The zero-order valence-corrected chi connectivity index (χ0v) is 18.4. The van der Waals surface area contributed by atoms with Gasteiger partial charge in [-0.25, -0.2) is 0 Å². The van der Waals surface area contributed by atoms with E-state index in [0.29, 0.717) is 0 Å². The number of benzene rings is 2. The smallest absolute Gasteiger partial charge is 0.159 e. The maximum atomic E-state index is 11.1. The zero-order valence-electron chi connectivity index (χ0n) is 18.4. The molecule has 1 nitrogen and oxygen atoms in total. The standard InChI is InChI=1S/C12H16O.C11H16.C2H6/c1-4-5-11-6-7-12(10(3)13)8-9(11)2;1-9-6-5-7-10(8-9)11(2,3)4;1-2/h6-8H,4-5H2,1-3H3;5-8H,1-4H3;1-2H3. The van der Waals surface area contributed by atoms with Crippen molar-refractivity contribution in [3.05, 3.63) is 70.3 Å². The minimum Gasteiger partial charge on any atom is -0.295 e. The van der Waals surface area contributed by atoms with E-state index in [1.165, 1.54) is 22.3 Å². The summed E-state index contributed by atoms with van der Waals surface area (Å²) in [6.07, 6.45) is 2.25. The van der Waals surface area contributed by atoms with Crippen molar-refractivity contribution in [2.45, 2.75) is 80.6 Å². The van der Waals surface area contributed by atoms with E-state index in [1.807, 2.05) is 26.0 Å². The summed E-state index contributed by atoms with van der Waals surface area (Å²) < 4.78 is 0. The van der Waals surface area contributed by atoms with Crippen LogP contribution in [-0.4, -0.2) is 5.78 Å². The first kappa shape index (κ1) is 24.1. The molecule has 0 atom stereocenters. The van der Waals surface area contributed by atoms with Crippen molar-refractivity contribution < 1.29 is 4.79 Å². The molecule has 2 aromatic rings. The van der Waals surface area contributed by atoms with Crippen LogP contribution in [0, 0.1) is 13.8 Å². The van der Waals surface area contributed by atoms with Gasteiger partial charge in [0.2, 0.25) is 0 Å². The van der Waals surface area contributed by atoms with Crippen molar-refractivity contribution in [2.75, 3.05) is 0 Å². The quantitative estimate of drug-likeness (QED) is 0.522. The van der Waals surface area contributed by atoms with Crippen molar-refractivity contribution in [3.8, 4) is 0 Å². The van der Waals surface area contributed by atoms with Gasteiger partial charge in [0.1, 0.15) is 0 Å². The summed E-state index contributed by atoms with van der Waals surface area (Å²) >= 11 is 0. The van der Waals surface area contributed by atoms with Crippen LogP contribution < -0.4 is 0 Å². The number of hydrogen-bond donors (Lipinski definition) is 0. The van der Waals surface area contributed by atoms with E-state index >= 15 is 0 Å². The van der Waals surface area contributed by atoms with Crippen LogP contribution >= 0.6 is 0 Å². The molecule has 2 aromatic carbocycles. The Balaban J connectivity index is 0.000000444. The van der Waals surface area contributed by atoms with Gasteiger partial charge in [0.15, 0.2) is 5.78 Å². The number of carbonyl (C=O) groups is 1. The van der Waals surface area contributed by atoms with Gasteiger partial charge in [-0.3, -0.25) is 4.79 Å². The van der Waals surface area contributed by atoms with Crippen molar-refractivity contribution >= 4 is 5.78 Å². The molecule has 0 heterocycles. The average molecular weight is 355 g/mol. The van der Waals surface area contributed by atoms with Gasteiger partial charge >= 0.3 is 0 Å². The molecule has 0 amide bonds. The van der Waals surface area contributed by atoms with Crippen LogP contribution in [-0.2, 0) is 11.8 Å². The highest BCUT2D eigenvalue weighted by molar-refractivity contribution is 5.94. The maximum absolute atomic E-state index is 11.1. The lowest BCUT2D eigenvalue weighted by molar-refractivity contribution is 0.101. The van der Waals surface area contributed by atoms with Gasteiger partial charge in [-0.15, -0.1) is 0 Å². The molecular weight excluding hydrogens is 316 g/mol. The first-order valence-electron chi connectivity index (χ1n) is 9.82. The van der Waals surface area contributed by atoms with E-state index in [2.05, 4.69) is 71.9 Å². The van der Waals surface area contributed by atoms with Gasteiger partial charge in [-0.2, -0.15) is 0 Å². The molecule has 0 aliphatic rings. The predicted molar refractivity (Wildman–Crippen MR) is 116 cm³/mol. The maximum Gasteiger partial charge on any atom is 0.159 e. The molecule has 1 heteroatoms. The number of Topliss-reactive ketones (excluding diaryl/α,β-unsaturated/α-hetero) is 1. The molecule has 0 radical (unpaired) electrons. The minimum atomic E-state index is 0.145. The Hall–Kier alpha value is -1.89. The third-order valence-corrected chi connectivity index (χ3v) is 4.15. The van der Waals surface area contributed by atoms with Gasteiger partial charge in [0, 0.05) is 5.56 Å². The molecule has 0 saturated heterocycles. The molecule has 0 aliphatic carbocycles. The Morgan fingerprint density at radius 1 is 0.962 bits per heavy atom. The largest absolute Gasteiger partial charge is 0.295 e. The van der Waals surface area contributed by atoms with Crippen molar-refractivity contribution in [3.63, 3.8) is 0 Å². The van der Waals surface area contributed by atoms with E-state index in [1.54, 1.807) is 6.92 Å². The molecule has 0 spiro atoms. The molecule has 0 aliphatic heterocycles. The molecule has 0 N–H and O–H groups in total. The van der Waals surface area contributed by atoms with Crippen LogP contribution in [0.5, 0.6) is 0 Å². The van der Waals surface area contributed by atoms with Crippen LogP contribution in [0.15, 0.2) is 42.5 Å². The fourth-order valence-electron chi connectivity index (χ4n) is 2.58. The topological polar surface area (TPSA) is 17.1 Å². The summed E-state index contributed by atoms with van der Waals surface area (Å²) in [5, 5.41) is 0. The number of carbonyl (C=O) groups excluding carboxylic acids is 1. The lowest BCUT2D eigenvalue weighted by Gasteiger charge is -2.19. The van der Waals surface area contributed by atoms with Gasteiger partial charge in [0.05, 0.1) is 0 Å². The molecule has 0 saturated carbocycles. The Bertz CT molecular complexity index is 675. The number of rotatable bonds is 3. The van der Waals surface area contributed by atoms with Crippen LogP contribution in [0.1, 0.15) is 87.5 Å². The normalized spacial score (nSPS) is 10.2. The summed E-state index contributed by atoms with van der Waals surface area (Å²) in [5.41, 5.74) is 6.45. The molecule has 144 valence electrons. The zero-order chi connectivity index (χ0) is 20.3. The minimum absolute atomic E-state index is 0.145. The molecular formula is C25H38O. The van der Waals surface area contributed by atoms with E-state index in [-0.39, 0.29) is 11.2 Å². The fourth-order valence-corrected chi connectivity index (χ4v) is 2.58. The van der Waals surface area contributed by atoms with Crippen LogP contribution in [0.25, 0.3) is 0 Å². The number of aryl methyl sites for hydroxylation is 3. The van der Waals surface area contributed by atoms with E-state index < -0.39 is 0 Å². The van der Waals surface area contributed by atoms with Gasteiger partial charge in [-0.05, 0) is 55.4 Å². The molecule has 2 rings (SSSR count). The second-order valence-corrected chi connectivity index (χ2v) is 7.57. The third kappa shape index (κ3) is 8.47. The highest BCUT2D eigenvalue weighted by atomic mass is 16.1. The Morgan fingerprint density at radius 3 is 1.96 bits per heavy atom. The summed E-state index contributed by atoms with van der Waals surface area (Å²) in [6, 6.07) is 14.7. The predicted octanol–water partition coefficient (Wildman–Crippen LogP) is 7.47. The van der Waals surface area contributed by atoms with Crippen LogP contribution in [0.4, 0.5) is 0 Å². The number of hydrogen-bond acceptors (Lipinski definition) is 1. The fraction of sp³-hybridized carbons (Fsp3) is 0.480. The summed E-state index contributed by atoms with van der Waals surface area (Å²) in [5.74, 6) is 0.145. The third-order valence-electron chi connectivity index (χ3n) is 4.15. The Morgan fingerprint density at radius 2 is 1.58 bits per heavy atom. The average Bonchev–Trinajstić information content (AvgIpc) is 2.58. The summed E-state index contributed by atoms with van der Waals surface area (Å²) in [6.45, 7) is 18.7. The lowest BCUT2D eigenvalue weighted by Crippen LogP contribution is -2.10.